The summed E-state index contributed by atoms with van der Waals surface area (Å²) >= 11 is 0. The normalized spacial score (nSPS) is 14.5. The molecule has 1 unspecified atom stereocenters. The molecule has 1 N–H and O–H groups in total. The molecule has 0 spiro atoms. The summed E-state index contributed by atoms with van der Waals surface area (Å²) in [6, 6.07) is 0. The minimum atomic E-state index is -3.80. The molecule has 0 amide bonds. The first kappa shape index (κ1) is 13.5. The molecule has 0 radical (unpaired) electrons. The Morgan fingerprint density at radius 3 is 1.60 bits per heavy atom. The zero-order chi connectivity index (χ0) is 7.65. The number of rotatable bonds is 2. The Balaban J connectivity index is -0.000000320. The van der Waals surface area contributed by atoms with Gasteiger partial charge in [-0.25, -0.2) is 0 Å². The topological polar surface area (TPSA) is 54.4 Å². The molecule has 0 fully saturated rings. The Kier molecular flexibility index (Phi) is 6.37. The van der Waals surface area contributed by atoms with E-state index in [1.165, 1.54) is 6.92 Å². The van der Waals surface area contributed by atoms with Crippen LogP contribution in [0.15, 0.2) is 0 Å². The largest absolute Gasteiger partial charge is 1.00 e. The van der Waals surface area contributed by atoms with Crippen LogP contribution in [0.25, 0.3) is 0 Å². The SMILES string of the molecule is CC(C)C(C)S(=O)(=O)O.[H-].[Na+]. The molecule has 0 aliphatic heterocycles. The first-order valence-corrected chi connectivity index (χ1v) is 4.32. The number of hydrogen-bond donors (Lipinski definition) is 1. The molecule has 3 nitrogen and oxygen atoms in total. The third-order valence-corrected chi connectivity index (χ3v) is 2.89. The van der Waals surface area contributed by atoms with Crippen molar-refractivity contribution < 1.29 is 44.0 Å². The van der Waals surface area contributed by atoms with Crippen molar-refractivity contribution in [2.24, 2.45) is 5.92 Å². The molecule has 58 valence electrons. The fraction of sp³-hybridized carbons (Fsp3) is 1.00. The Morgan fingerprint density at radius 1 is 1.30 bits per heavy atom. The van der Waals surface area contributed by atoms with Gasteiger partial charge in [0.05, 0.1) is 5.25 Å². The van der Waals surface area contributed by atoms with Crippen molar-refractivity contribution in [1.29, 1.82) is 0 Å². The van der Waals surface area contributed by atoms with Crippen molar-refractivity contribution in [3.8, 4) is 0 Å². The van der Waals surface area contributed by atoms with E-state index in [9.17, 15) is 8.42 Å². The van der Waals surface area contributed by atoms with Crippen molar-refractivity contribution in [2.45, 2.75) is 26.0 Å². The molecule has 0 saturated heterocycles. The summed E-state index contributed by atoms with van der Waals surface area (Å²) in [7, 11) is -3.80. The van der Waals surface area contributed by atoms with Crippen LogP contribution in [0.3, 0.4) is 0 Å². The van der Waals surface area contributed by atoms with Gasteiger partial charge in [-0.15, -0.1) is 0 Å². The standard InChI is InChI=1S/C5H12O3S.Na.H/c1-4(2)5(3)9(6,7)8;;/h4-5H,1-3H3,(H,6,7,8);;/q;+1;-1. The maximum atomic E-state index is 10.3. The minimum Gasteiger partial charge on any atom is -1.00 e. The fourth-order valence-corrected chi connectivity index (χ4v) is 1.03. The average Bonchev–Trinajstić information content (AvgIpc) is 1.62. The molecule has 0 heterocycles. The van der Waals surface area contributed by atoms with Crippen LogP contribution in [-0.2, 0) is 10.1 Å². The molecule has 0 bridgehead atoms. The smallest absolute Gasteiger partial charge is 1.00 e. The van der Waals surface area contributed by atoms with Gasteiger partial charge in [0.25, 0.3) is 10.1 Å². The molecule has 0 rings (SSSR count). The van der Waals surface area contributed by atoms with E-state index in [0.717, 1.165) is 0 Å². The molecule has 0 saturated carbocycles. The molecular formula is C5H13NaO3S. The van der Waals surface area contributed by atoms with Gasteiger partial charge in [-0.1, -0.05) is 13.8 Å². The first-order chi connectivity index (χ1) is 3.85. The van der Waals surface area contributed by atoms with E-state index in [1.807, 2.05) is 0 Å². The van der Waals surface area contributed by atoms with E-state index in [0.29, 0.717) is 0 Å². The zero-order valence-electron chi connectivity index (χ0n) is 7.83. The van der Waals surface area contributed by atoms with Crippen LogP contribution in [0.4, 0.5) is 0 Å². The second-order valence-corrected chi connectivity index (χ2v) is 4.24. The van der Waals surface area contributed by atoms with Crippen LogP contribution in [0.1, 0.15) is 22.2 Å². The van der Waals surface area contributed by atoms with Gasteiger partial charge >= 0.3 is 29.6 Å². The number of hydrogen-bond acceptors (Lipinski definition) is 2. The fourth-order valence-electron chi connectivity index (χ4n) is 0.344. The van der Waals surface area contributed by atoms with Gasteiger partial charge in [-0.05, 0) is 12.8 Å². The van der Waals surface area contributed by atoms with E-state index in [-0.39, 0.29) is 36.9 Å². The van der Waals surface area contributed by atoms with E-state index in [2.05, 4.69) is 0 Å². The second kappa shape index (κ2) is 4.72. The Labute approximate surface area is 85.7 Å². The van der Waals surface area contributed by atoms with Gasteiger partial charge in [-0.2, -0.15) is 8.42 Å². The Hall–Kier alpha value is 0.910. The van der Waals surface area contributed by atoms with Gasteiger partial charge in [-0.3, -0.25) is 4.55 Å². The predicted octanol–water partition coefficient (Wildman–Crippen LogP) is -1.96. The monoisotopic (exact) mass is 176 g/mol. The van der Waals surface area contributed by atoms with Gasteiger partial charge in [0.15, 0.2) is 0 Å². The van der Waals surface area contributed by atoms with E-state index in [4.69, 9.17) is 4.55 Å². The van der Waals surface area contributed by atoms with Crippen molar-refractivity contribution in [3.05, 3.63) is 0 Å². The van der Waals surface area contributed by atoms with Crippen LogP contribution < -0.4 is 29.6 Å². The van der Waals surface area contributed by atoms with Crippen molar-refractivity contribution in [3.63, 3.8) is 0 Å². The molecule has 0 aliphatic rings. The molecule has 1 atom stereocenters. The molecule has 5 heteroatoms. The summed E-state index contributed by atoms with van der Waals surface area (Å²) in [5, 5.41) is -0.655. The zero-order valence-corrected chi connectivity index (χ0v) is 9.64. The second-order valence-electron chi connectivity index (χ2n) is 2.46. The summed E-state index contributed by atoms with van der Waals surface area (Å²) in [6.45, 7) is 4.98. The van der Waals surface area contributed by atoms with Crippen LogP contribution >= 0.6 is 0 Å². The quantitative estimate of drug-likeness (QED) is 0.392. The van der Waals surface area contributed by atoms with Crippen LogP contribution in [0.5, 0.6) is 0 Å². The Morgan fingerprint density at radius 2 is 1.60 bits per heavy atom. The molecule has 0 aromatic heterocycles. The summed E-state index contributed by atoms with van der Waals surface area (Å²) < 4.78 is 29.1. The summed E-state index contributed by atoms with van der Waals surface area (Å²) in [4.78, 5) is 0. The van der Waals surface area contributed by atoms with Gasteiger partial charge in [0.2, 0.25) is 0 Å². The van der Waals surface area contributed by atoms with E-state index in [1.54, 1.807) is 13.8 Å². The van der Waals surface area contributed by atoms with Crippen molar-refractivity contribution >= 4 is 10.1 Å². The summed E-state index contributed by atoms with van der Waals surface area (Å²) in [5.41, 5.74) is 0. The van der Waals surface area contributed by atoms with Crippen molar-refractivity contribution in [2.75, 3.05) is 0 Å². The summed E-state index contributed by atoms with van der Waals surface area (Å²) in [6.07, 6.45) is 0. The van der Waals surface area contributed by atoms with Crippen LogP contribution in [0, 0.1) is 5.92 Å². The maximum Gasteiger partial charge on any atom is 1.00 e. The average molecular weight is 176 g/mol. The predicted molar refractivity (Wildman–Crippen MR) is 37.0 cm³/mol. The van der Waals surface area contributed by atoms with E-state index >= 15 is 0 Å². The molecule has 0 aromatic carbocycles. The minimum absolute atomic E-state index is 0. The molecule has 0 aromatic rings. The van der Waals surface area contributed by atoms with Gasteiger partial charge < -0.3 is 1.43 Å². The summed E-state index contributed by atoms with van der Waals surface area (Å²) in [5.74, 6) is -0.0278. The van der Waals surface area contributed by atoms with E-state index < -0.39 is 15.4 Å². The molecule has 0 aliphatic carbocycles. The third-order valence-electron chi connectivity index (χ3n) is 1.41. The molecular weight excluding hydrogens is 163 g/mol. The van der Waals surface area contributed by atoms with Gasteiger partial charge in [0.1, 0.15) is 0 Å². The van der Waals surface area contributed by atoms with Crippen LogP contribution in [-0.4, -0.2) is 18.2 Å². The van der Waals surface area contributed by atoms with Crippen LogP contribution in [0.2, 0.25) is 0 Å². The van der Waals surface area contributed by atoms with Crippen molar-refractivity contribution in [1.82, 2.24) is 0 Å². The third kappa shape index (κ3) is 4.68. The Bertz CT molecular complexity index is 178. The first-order valence-electron chi connectivity index (χ1n) is 2.82. The molecule has 10 heavy (non-hydrogen) atoms. The maximum absolute atomic E-state index is 10.3. The van der Waals surface area contributed by atoms with Gasteiger partial charge in [0, 0.05) is 0 Å².